The zero-order valence-corrected chi connectivity index (χ0v) is 16.6. The van der Waals surface area contributed by atoms with Crippen LogP contribution in [0.15, 0.2) is 24.3 Å². The van der Waals surface area contributed by atoms with E-state index in [1.807, 2.05) is 22.6 Å². The van der Waals surface area contributed by atoms with Gasteiger partial charge in [-0.2, -0.15) is 0 Å². The summed E-state index contributed by atoms with van der Waals surface area (Å²) < 4.78 is 13.4. The van der Waals surface area contributed by atoms with Crippen LogP contribution in [-0.4, -0.2) is 65.1 Å². The summed E-state index contributed by atoms with van der Waals surface area (Å²) in [4.78, 5) is 15.6. The van der Waals surface area contributed by atoms with E-state index >= 15 is 0 Å². The van der Waals surface area contributed by atoms with Crippen molar-refractivity contribution in [2.75, 3.05) is 33.0 Å². The number of aryl methyl sites for hydroxylation is 2. The maximum atomic E-state index is 13.7. The van der Waals surface area contributed by atoms with Crippen LogP contribution in [-0.2, 0) is 16.5 Å². The van der Waals surface area contributed by atoms with Crippen LogP contribution >= 0.6 is 0 Å². The lowest BCUT2D eigenvalue weighted by Gasteiger charge is -2.57. The van der Waals surface area contributed by atoms with E-state index in [4.69, 9.17) is 9.47 Å². The van der Waals surface area contributed by atoms with Crippen molar-refractivity contribution in [1.82, 2.24) is 9.47 Å². The fourth-order valence-electron chi connectivity index (χ4n) is 5.48. The number of benzene rings is 1. The largest absolute Gasteiger partial charge is 0.389 e. The standard InChI is InChI=1S/C22H28N2O4/c1-14-3-4-15-10-20(23(2)19(15)9-14)21(25)24-11-16-12-28-8-6-22(16,26)17-13-27-7-5-18(17)24/h3-4,9-10,16-18,26H,5-8,11-13H2,1-2H3/t16-,17+,18-,22-/m0/s1. The molecule has 3 saturated heterocycles. The van der Waals surface area contributed by atoms with Gasteiger partial charge in [0.2, 0.25) is 0 Å². The monoisotopic (exact) mass is 384 g/mol. The third-order valence-corrected chi connectivity index (χ3v) is 7.13. The van der Waals surface area contributed by atoms with Crippen molar-refractivity contribution >= 4 is 16.8 Å². The lowest BCUT2D eigenvalue weighted by Crippen LogP contribution is -2.68. The molecule has 1 N–H and O–H groups in total. The van der Waals surface area contributed by atoms with Crippen LogP contribution in [0.4, 0.5) is 0 Å². The van der Waals surface area contributed by atoms with Crippen LogP contribution < -0.4 is 0 Å². The molecule has 2 aromatic rings. The predicted octanol–water partition coefficient (Wildman–Crippen LogP) is 2.12. The molecule has 0 radical (unpaired) electrons. The molecule has 28 heavy (non-hydrogen) atoms. The molecule has 0 saturated carbocycles. The van der Waals surface area contributed by atoms with Gasteiger partial charge < -0.3 is 24.0 Å². The Morgan fingerprint density at radius 1 is 1.21 bits per heavy atom. The smallest absolute Gasteiger partial charge is 0.270 e. The third kappa shape index (κ3) is 2.62. The zero-order valence-electron chi connectivity index (χ0n) is 16.6. The summed E-state index contributed by atoms with van der Waals surface area (Å²) in [6, 6.07) is 8.27. The maximum absolute atomic E-state index is 13.7. The first kappa shape index (κ1) is 18.2. The number of aliphatic hydroxyl groups is 1. The van der Waals surface area contributed by atoms with E-state index in [1.54, 1.807) is 0 Å². The summed E-state index contributed by atoms with van der Waals surface area (Å²) in [7, 11) is 1.96. The quantitative estimate of drug-likeness (QED) is 0.818. The topological polar surface area (TPSA) is 63.9 Å². The van der Waals surface area contributed by atoms with Gasteiger partial charge in [-0.05, 0) is 31.0 Å². The lowest BCUT2D eigenvalue weighted by molar-refractivity contribution is -0.212. The van der Waals surface area contributed by atoms with Gasteiger partial charge in [-0.3, -0.25) is 4.79 Å². The second-order valence-electron chi connectivity index (χ2n) is 8.66. The third-order valence-electron chi connectivity index (χ3n) is 7.13. The number of nitrogens with zero attached hydrogens (tertiary/aromatic N) is 2. The highest BCUT2D eigenvalue weighted by atomic mass is 16.5. The summed E-state index contributed by atoms with van der Waals surface area (Å²) in [6.07, 6.45) is 1.40. The fraction of sp³-hybridized carbons (Fsp3) is 0.591. The van der Waals surface area contributed by atoms with Crippen LogP contribution in [0.2, 0.25) is 0 Å². The van der Waals surface area contributed by atoms with Crippen molar-refractivity contribution in [2.45, 2.75) is 31.4 Å². The number of likely N-dealkylation sites (tertiary alicyclic amines) is 1. The molecule has 0 unspecified atom stereocenters. The zero-order chi connectivity index (χ0) is 19.5. The summed E-state index contributed by atoms with van der Waals surface area (Å²) in [5.74, 6) is -0.0734. The van der Waals surface area contributed by atoms with E-state index in [0.717, 1.165) is 17.3 Å². The molecule has 0 bridgehead atoms. The second-order valence-corrected chi connectivity index (χ2v) is 8.66. The number of fused-ring (bicyclic) bond motifs is 4. The first-order chi connectivity index (χ1) is 13.5. The summed E-state index contributed by atoms with van der Waals surface area (Å²) in [6.45, 7) is 4.82. The van der Waals surface area contributed by atoms with Crippen molar-refractivity contribution in [3.63, 3.8) is 0 Å². The minimum absolute atomic E-state index is 0.0142. The van der Waals surface area contributed by atoms with E-state index in [-0.39, 0.29) is 23.8 Å². The summed E-state index contributed by atoms with van der Waals surface area (Å²) in [5.41, 5.74) is 2.16. The minimum Gasteiger partial charge on any atom is -0.389 e. The number of rotatable bonds is 1. The number of ether oxygens (including phenoxy) is 2. The number of amides is 1. The molecule has 1 aromatic heterocycles. The molecule has 150 valence electrons. The summed E-state index contributed by atoms with van der Waals surface area (Å²) >= 11 is 0. The molecule has 6 heteroatoms. The Balaban J connectivity index is 1.53. The van der Waals surface area contributed by atoms with Crippen LogP contribution in [0, 0.1) is 18.8 Å². The molecule has 1 aromatic carbocycles. The van der Waals surface area contributed by atoms with E-state index in [0.29, 0.717) is 45.1 Å². The average Bonchev–Trinajstić information content (AvgIpc) is 3.03. The number of carbonyl (C=O) groups is 1. The van der Waals surface area contributed by atoms with Crippen molar-refractivity contribution in [3.8, 4) is 0 Å². The highest BCUT2D eigenvalue weighted by molar-refractivity contribution is 5.99. The molecule has 4 heterocycles. The Kier molecular flexibility index (Phi) is 4.27. The number of aromatic nitrogens is 1. The molecule has 6 nitrogen and oxygen atoms in total. The number of piperidine rings is 1. The van der Waals surface area contributed by atoms with E-state index < -0.39 is 5.60 Å². The highest BCUT2D eigenvalue weighted by Gasteiger charge is 2.56. The van der Waals surface area contributed by atoms with Crippen molar-refractivity contribution in [3.05, 3.63) is 35.5 Å². The minimum atomic E-state index is -0.795. The van der Waals surface area contributed by atoms with Crippen LogP contribution in [0.3, 0.4) is 0 Å². The van der Waals surface area contributed by atoms with Gasteiger partial charge in [0.25, 0.3) is 5.91 Å². The molecule has 1 amide bonds. The van der Waals surface area contributed by atoms with Gasteiger partial charge in [-0.25, -0.2) is 0 Å². The Bertz CT molecular complexity index is 923. The van der Waals surface area contributed by atoms with Gasteiger partial charge in [0, 0.05) is 62.0 Å². The predicted molar refractivity (Wildman–Crippen MR) is 105 cm³/mol. The number of hydrogen-bond donors (Lipinski definition) is 1. The van der Waals surface area contributed by atoms with Gasteiger partial charge in [-0.1, -0.05) is 12.1 Å². The SMILES string of the molecule is Cc1ccc2cc(C(=O)N3C[C@H]4COCC[C@@]4(O)[C@@H]4COCC[C@@H]43)n(C)c2c1. The first-order valence-electron chi connectivity index (χ1n) is 10.2. The van der Waals surface area contributed by atoms with E-state index in [9.17, 15) is 9.90 Å². The average molecular weight is 384 g/mol. The fourth-order valence-corrected chi connectivity index (χ4v) is 5.48. The number of carbonyl (C=O) groups excluding carboxylic acids is 1. The Morgan fingerprint density at radius 3 is 2.89 bits per heavy atom. The molecular weight excluding hydrogens is 356 g/mol. The highest BCUT2D eigenvalue weighted by Crippen LogP contribution is 2.44. The molecule has 0 aliphatic carbocycles. The van der Waals surface area contributed by atoms with Crippen molar-refractivity contribution in [1.29, 1.82) is 0 Å². The van der Waals surface area contributed by atoms with Crippen LogP contribution in [0.25, 0.3) is 10.9 Å². The van der Waals surface area contributed by atoms with Gasteiger partial charge in [0.1, 0.15) is 5.69 Å². The van der Waals surface area contributed by atoms with Crippen molar-refractivity contribution < 1.29 is 19.4 Å². The van der Waals surface area contributed by atoms with Crippen LogP contribution in [0.5, 0.6) is 0 Å². The molecule has 3 aliphatic heterocycles. The molecule has 5 rings (SSSR count). The maximum Gasteiger partial charge on any atom is 0.270 e. The van der Waals surface area contributed by atoms with E-state index in [1.165, 1.54) is 5.56 Å². The van der Waals surface area contributed by atoms with Gasteiger partial charge in [0.15, 0.2) is 0 Å². The number of hydrogen-bond acceptors (Lipinski definition) is 4. The van der Waals surface area contributed by atoms with Crippen molar-refractivity contribution in [2.24, 2.45) is 18.9 Å². The molecule has 3 aliphatic rings. The Morgan fingerprint density at radius 2 is 2.04 bits per heavy atom. The lowest BCUT2D eigenvalue weighted by atomic mass is 9.66. The molecule has 4 atom stereocenters. The van der Waals surface area contributed by atoms with Crippen LogP contribution in [0.1, 0.15) is 28.9 Å². The van der Waals surface area contributed by atoms with E-state index in [2.05, 4.69) is 25.1 Å². The summed E-state index contributed by atoms with van der Waals surface area (Å²) in [5, 5.41) is 12.5. The van der Waals surface area contributed by atoms with Gasteiger partial charge >= 0.3 is 0 Å². The Labute approximate surface area is 165 Å². The second kappa shape index (κ2) is 6.58. The first-order valence-corrected chi connectivity index (χ1v) is 10.2. The Hall–Kier alpha value is -1.89. The molecular formula is C22H28N2O4. The molecule has 0 spiro atoms. The van der Waals surface area contributed by atoms with Gasteiger partial charge in [-0.15, -0.1) is 0 Å². The van der Waals surface area contributed by atoms with Gasteiger partial charge in [0.05, 0.1) is 18.8 Å². The normalized spacial score (nSPS) is 32.8. The molecule has 3 fully saturated rings.